The van der Waals surface area contributed by atoms with E-state index in [1.807, 2.05) is 6.92 Å². The van der Waals surface area contributed by atoms with Gasteiger partial charge in [-0.1, -0.05) is 6.42 Å². The number of amides is 1. The molecule has 0 radical (unpaired) electrons. The molecule has 1 atom stereocenters. The standard InChI is InChI=1S/C13H25N3O4S/c1-11-4-2-3-7-16(11)21(18,19)15-10-13(12(14)17)5-8-20-9-6-13/h11,15H,2-10H2,1H3,(H2,14,17). The molecule has 0 bridgehead atoms. The van der Waals surface area contributed by atoms with Crippen molar-refractivity contribution < 1.29 is 17.9 Å². The molecule has 0 spiro atoms. The van der Waals surface area contributed by atoms with Gasteiger partial charge >= 0.3 is 0 Å². The van der Waals surface area contributed by atoms with E-state index in [0.717, 1.165) is 19.3 Å². The molecule has 0 aromatic carbocycles. The van der Waals surface area contributed by atoms with Crippen molar-refractivity contribution in [3.05, 3.63) is 0 Å². The molecule has 0 aromatic rings. The molecule has 3 N–H and O–H groups in total. The first-order valence-corrected chi connectivity index (χ1v) is 8.95. The Kier molecular flexibility index (Phi) is 5.24. The number of nitrogens with zero attached hydrogens (tertiary/aromatic N) is 1. The monoisotopic (exact) mass is 319 g/mol. The molecule has 2 saturated heterocycles. The zero-order valence-electron chi connectivity index (χ0n) is 12.5. The van der Waals surface area contributed by atoms with Crippen molar-refractivity contribution in [3.8, 4) is 0 Å². The molecule has 2 fully saturated rings. The quantitative estimate of drug-likeness (QED) is 0.743. The number of carbonyl (C=O) groups excluding carboxylic acids is 1. The molecule has 2 heterocycles. The van der Waals surface area contributed by atoms with Crippen molar-refractivity contribution in [2.45, 2.75) is 45.1 Å². The van der Waals surface area contributed by atoms with Crippen molar-refractivity contribution in [3.63, 3.8) is 0 Å². The lowest BCUT2D eigenvalue weighted by Crippen LogP contribution is -2.54. The molecule has 1 unspecified atom stereocenters. The molecule has 0 aromatic heterocycles. The van der Waals surface area contributed by atoms with Gasteiger partial charge < -0.3 is 10.5 Å². The van der Waals surface area contributed by atoms with E-state index in [1.165, 1.54) is 4.31 Å². The van der Waals surface area contributed by atoms with E-state index in [1.54, 1.807) is 0 Å². The highest BCUT2D eigenvalue weighted by atomic mass is 32.2. The minimum atomic E-state index is -3.57. The third kappa shape index (κ3) is 3.74. The van der Waals surface area contributed by atoms with Gasteiger partial charge in [0.05, 0.1) is 5.41 Å². The predicted octanol–water partition coefficient (Wildman–Crippen LogP) is -0.0227. The molecule has 7 nitrogen and oxygen atoms in total. The van der Waals surface area contributed by atoms with Crippen LogP contribution in [-0.2, 0) is 19.7 Å². The summed E-state index contributed by atoms with van der Waals surface area (Å²) in [6, 6.07) is -0.00420. The molecule has 122 valence electrons. The Morgan fingerprint density at radius 3 is 2.62 bits per heavy atom. The summed E-state index contributed by atoms with van der Waals surface area (Å²) < 4.78 is 34.2. The van der Waals surface area contributed by atoms with Gasteiger partial charge in [-0.15, -0.1) is 0 Å². The maximum absolute atomic E-state index is 12.4. The van der Waals surface area contributed by atoms with Crippen LogP contribution in [0.25, 0.3) is 0 Å². The van der Waals surface area contributed by atoms with E-state index >= 15 is 0 Å². The van der Waals surface area contributed by atoms with Gasteiger partial charge in [-0.2, -0.15) is 12.7 Å². The van der Waals surface area contributed by atoms with Gasteiger partial charge in [-0.25, -0.2) is 4.72 Å². The second kappa shape index (κ2) is 6.60. The van der Waals surface area contributed by atoms with Gasteiger partial charge in [0, 0.05) is 32.3 Å². The van der Waals surface area contributed by atoms with Crippen molar-refractivity contribution in [1.29, 1.82) is 0 Å². The van der Waals surface area contributed by atoms with Crippen LogP contribution in [0.1, 0.15) is 39.0 Å². The Morgan fingerprint density at radius 1 is 1.38 bits per heavy atom. The second-order valence-corrected chi connectivity index (χ2v) is 7.75. The number of nitrogens with two attached hydrogens (primary N) is 1. The topological polar surface area (TPSA) is 102 Å². The average molecular weight is 319 g/mol. The Bertz CT molecular complexity index is 474. The molecular formula is C13H25N3O4S. The molecule has 0 aliphatic carbocycles. The van der Waals surface area contributed by atoms with E-state index in [2.05, 4.69) is 4.72 Å². The second-order valence-electron chi connectivity index (χ2n) is 6.04. The zero-order chi connectivity index (χ0) is 15.5. The van der Waals surface area contributed by atoms with Crippen LogP contribution in [0.15, 0.2) is 0 Å². The van der Waals surface area contributed by atoms with Gasteiger partial charge in [0.15, 0.2) is 0 Å². The smallest absolute Gasteiger partial charge is 0.279 e. The highest BCUT2D eigenvalue weighted by molar-refractivity contribution is 7.87. The number of rotatable bonds is 5. The summed E-state index contributed by atoms with van der Waals surface area (Å²) in [6.07, 6.45) is 3.71. The molecular weight excluding hydrogens is 294 g/mol. The lowest BCUT2D eigenvalue weighted by molar-refractivity contribution is -0.132. The van der Waals surface area contributed by atoms with Crippen LogP contribution in [-0.4, -0.2) is 51.0 Å². The molecule has 2 aliphatic rings. The van der Waals surface area contributed by atoms with E-state index in [-0.39, 0.29) is 12.6 Å². The van der Waals surface area contributed by atoms with E-state index < -0.39 is 21.5 Å². The molecule has 1 amide bonds. The fourth-order valence-electron chi connectivity index (χ4n) is 3.01. The van der Waals surface area contributed by atoms with Crippen LogP contribution in [0.4, 0.5) is 0 Å². The summed E-state index contributed by atoms with van der Waals surface area (Å²) >= 11 is 0. The first kappa shape index (κ1) is 16.7. The van der Waals surface area contributed by atoms with Crippen molar-refractivity contribution in [2.24, 2.45) is 11.1 Å². The zero-order valence-corrected chi connectivity index (χ0v) is 13.3. The molecule has 2 aliphatic heterocycles. The molecule has 21 heavy (non-hydrogen) atoms. The third-order valence-corrected chi connectivity index (χ3v) is 6.29. The van der Waals surface area contributed by atoms with Crippen molar-refractivity contribution >= 4 is 16.1 Å². The van der Waals surface area contributed by atoms with Gasteiger partial charge in [-0.3, -0.25) is 4.79 Å². The van der Waals surface area contributed by atoms with Gasteiger partial charge in [0.25, 0.3) is 10.2 Å². The minimum absolute atomic E-state index is 0.00420. The Hall–Kier alpha value is -0.700. The number of hydrogen-bond acceptors (Lipinski definition) is 4. The van der Waals surface area contributed by atoms with Gasteiger partial charge in [0.2, 0.25) is 5.91 Å². The number of ether oxygens (including phenoxy) is 1. The Morgan fingerprint density at radius 2 is 2.05 bits per heavy atom. The number of nitrogens with one attached hydrogen (secondary N) is 1. The summed E-state index contributed by atoms with van der Waals surface area (Å²) in [7, 11) is -3.57. The summed E-state index contributed by atoms with van der Waals surface area (Å²) in [4.78, 5) is 11.8. The molecule has 8 heteroatoms. The highest BCUT2D eigenvalue weighted by Gasteiger charge is 2.40. The van der Waals surface area contributed by atoms with Gasteiger partial charge in [0.1, 0.15) is 0 Å². The lowest BCUT2D eigenvalue weighted by Gasteiger charge is -2.36. The number of hydrogen-bond donors (Lipinski definition) is 2. The van der Waals surface area contributed by atoms with Crippen LogP contribution in [0.5, 0.6) is 0 Å². The van der Waals surface area contributed by atoms with Crippen LogP contribution in [0, 0.1) is 5.41 Å². The number of primary amides is 1. The van der Waals surface area contributed by atoms with Crippen LogP contribution in [0.2, 0.25) is 0 Å². The molecule has 2 rings (SSSR count). The van der Waals surface area contributed by atoms with E-state index in [0.29, 0.717) is 32.6 Å². The summed E-state index contributed by atoms with van der Waals surface area (Å²) in [5.41, 5.74) is 4.67. The highest BCUT2D eigenvalue weighted by Crippen LogP contribution is 2.30. The van der Waals surface area contributed by atoms with Crippen molar-refractivity contribution in [2.75, 3.05) is 26.3 Å². The van der Waals surface area contributed by atoms with Crippen LogP contribution >= 0.6 is 0 Å². The number of piperidine rings is 1. The molecule has 0 saturated carbocycles. The fraction of sp³-hybridized carbons (Fsp3) is 0.923. The van der Waals surface area contributed by atoms with Crippen molar-refractivity contribution in [1.82, 2.24) is 9.03 Å². The fourth-order valence-corrected chi connectivity index (χ4v) is 4.59. The summed E-state index contributed by atoms with van der Waals surface area (Å²) in [5.74, 6) is -0.458. The lowest BCUT2D eigenvalue weighted by atomic mass is 9.80. The predicted molar refractivity (Wildman–Crippen MR) is 78.6 cm³/mol. The average Bonchev–Trinajstić information content (AvgIpc) is 2.46. The minimum Gasteiger partial charge on any atom is -0.381 e. The first-order valence-electron chi connectivity index (χ1n) is 7.51. The largest absolute Gasteiger partial charge is 0.381 e. The summed E-state index contributed by atoms with van der Waals surface area (Å²) in [6.45, 7) is 3.37. The maximum atomic E-state index is 12.4. The Balaban J connectivity index is 2.04. The normalized spacial score (nSPS) is 27.4. The van der Waals surface area contributed by atoms with Gasteiger partial charge in [-0.05, 0) is 32.6 Å². The van der Waals surface area contributed by atoms with Crippen LogP contribution in [0.3, 0.4) is 0 Å². The Labute approximate surface area is 126 Å². The number of carbonyl (C=O) groups is 1. The maximum Gasteiger partial charge on any atom is 0.279 e. The summed E-state index contributed by atoms with van der Waals surface area (Å²) in [5, 5.41) is 0. The SMILES string of the molecule is CC1CCCCN1S(=O)(=O)NCC1(C(N)=O)CCOCC1. The third-order valence-electron chi connectivity index (χ3n) is 4.62. The van der Waals surface area contributed by atoms with E-state index in [9.17, 15) is 13.2 Å². The van der Waals surface area contributed by atoms with Crippen LogP contribution < -0.4 is 10.5 Å². The van der Waals surface area contributed by atoms with E-state index in [4.69, 9.17) is 10.5 Å². The first-order chi connectivity index (χ1) is 9.87.